The van der Waals surface area contributed by atoms with Crippen LogP contribution in [0.15, 0.2) is 0 Å². The molecule has 0 heterocycles. The molecule has 9 heavy (non-hydrogen) atoms. The first-order valence-corrected chi connectivity index (χ1v) is 3.75. The van der Waals surface area contributed by atoms with E-state index in [0.717, 1.165) is 19.3 Å². The van der Waals surface area contributed by atoms with Crippen LogP contribution in [0.3, 0.4) is 0 Å². The summed E-state index contributed by atoms with van der Waals surface area (Å²) in [4.78, 5) is 10.4. The van der Waals surface area contributed by atoms with Gasteiger partial charge in [0.15, 0.2) is 0 Å². The van der Waals surface area contributed by atoms with Crippen molar-refractivity contribution in [1.29, 1.82) is 0 Å². The van der Waals surface area contributed by atoms with Gasteiger partial charge in [-0.3, -0.25) is 4.79 Å². The molecule has 0 saturated heterocycles. The first-order valence-electron chi connectivity index (χ1n) is 3.37. The van der Waals surface area contributed by atoms with Crippen molar-refractivity contribution in [2.45, 2.75) is 33.1 Å². The second kappa shape index (κ2) is 4.80. The zero-order valence-corrected chi connectivity index (χ0v) is 6.74. The Morgan fingerprint density at radius 3 is 2.56 bits per heavy atom. The molecule has 2 heteroatoms. The van der Waals surface area contributed by atoms with Crippen molar-refractivity contribution in [3.63, 3.8) is 0 Å². The van der Waals surface area contributed by atoms with Crippen LogP contribution >= 0.6 is 11.6 Å². The van der Waals surface area contributed by atoms with Crippen LogP contribution in [0.25, 0.3) is 0 Å². The molecule has 0 fully saturated rings. The van der Waals surface area contributed by atoms with E-state index in [1.54, 1.807) is 0 Å². The van der Waals surface area contributed by atoms with Crippen molar-refractivity contribution in [1.82, 2.24) is 0 Å². The zero-order valence-electron chi connectivity index (χ0n) is 5.98. The molecule has 0 bridgehead atoms. The predicted molar refractivity (Wildman–Crippen MR) is 39.5 cm³/mol. The fourth-order valence-electron chi connectivity index (χ4n) is 0.624. The average Bonchev–Trinajstić information content (AvgIpc) is 1.82. The summed E-state index contributed by atoms with van der Waals surface area (Å²) in [5.74, 6) is 0.0478. The van der Waals surface area contributed by atoms with Crippen LogP contribution in [0.2, 0.25) is 0 Å². The highest BCUT2D eigenvalue weighted by Gasteiger charge is 2.07. The summed E-state index contributed by atoms with van der Waals surface area (Å²) in [6.07, 6.45) is 3.16. The van der Waals surface area contributed by atoms with E-state index >= 15 is 0 Å². The fraction of sp³-hybridized carbons (Fsp3) is 0.857. The topological polar surface area (TPSA) is 17.1 Å². The van der Waals surface area contributed by atoms with Gasteiger partial charge in [0.05, 0.1) is 0 Å². The number of unbranched alkanes of at least 4 members (excludes halogenated alkanes) is 1. The Morgan fingerprint density at radius 1 is 1.67 bits per heavy atom. The molecule has 1 nitrogen and oxygen atoms in total. The quantitative estimate of drug-likeness (QED) is 0.560. The molecule has 0 unspecified atom stereocenters. The van der Waals surface area contributed by atoms with Gasteiger partial charge in [0, 0.05) is 5.92 Å². The normalized spacial score (nSPS) is 13.2. The third-order valence-corrected chi connectivity index (χ3v) is 1.75. The SMILES string of the molecule is CCCC[C@@H](C)C(=O)Cl. The first-order chi connectivity index (χ1) is 4.18. The second-order valence-electron chi connectivity index (χ2n) is 2.35. The van der Waals surface area contributed by atoms with Gasteiger partial charge in [-0.25, -0.2) is 0 Å². The molecule has 1 atom stereocenters. The number of hydrogen-bond acceptors (Lipinski definition) is 1. The molecular formula is C7H13ClO. The van der Waals surface area contributed by atoms with Gasteiger partial charge in [0.2, 0.25) is 5.24 Å². The minimum absolute atomic E-state index is 0.0478. The predicted octanol–water partition coefficient (Wildman–Crippen LogP) is 2.58. The first kappa shape index (κ1) is 8.96. The lowest BCUT2D eigenvalue weighted by Gasteiger charge is -2.01. The maximum atomic E-state index is 10.4. The zero-order chi connectivity index (χ0) is 7.28. The third kappa shape index (κ3) is 4.46. The molecule has 0 saturated carbocycles. The Bertz CT molecular complexity index is 90.9. The molecule has 0 aromatic heterocycles. The highest BCUT2D eigenvalue weighted by molar-refractivity contribution is 6.63. The van der Waals surface area contributed by atoms with Crippen molar-refractivity contribution in [2.75, 3.05) is 0 Å². The number of hydrogen-bond donors (Lipinski definition) is 0. The van der Waals surface area contributed by atoms with Crippen LogP contribution in [-0.2, 0) is 4.79 Å². The number of rotatable bonds is 4. The molecule has 0 aliphatic heterocycles. The van der Waals surface area contributed by atoms with E-state index in [-0.39, 0.29) is 11.2 Å². The highest BCUT2D eigenvalue weighted by atomic mass is 35.5. The molecule has 0 aliphatic carbocycles. The van der Waals surface area contributed by atoms with Crippen molar-refractivity contribution in [3.05, 3.63) is 0 Å². The summed E-state index contributed by atoms with van der Waals surface area (Å²) in [5, 5.41) is -0.205. The van der Waals surface area contributed by atoms with Crippen molar-refractivity contribution < 1.29 is 4.79 Å². The van der Waals surface area contributed by atoms with Crippen LogP contribution in [0.5, 0.6) is 0 Å². The number of halogens is 1. The summed E-state index contributed by atoms with van der Waals surface area (Å²) in [6, 6.07) is 0. The summed E-state index contributed by atoms with van der Waals surface area (Å²) < 4.78 is 0. The Labute approximate surface area is 61.4 Å². The van der Waals surface area contributed by atoms with Crippen molar-refractivity contribution in [2.24, 2.45) is 5.92 Å². The molecular weight excluding hydrogens is 136 g/mol. The van der Waals surface area contributed by atoms with Crippen LogP contribution in [0, 0.1) is 5.92 Å². The minimum atomic E-state index is -0.205. The Balaban J connectivity index is 3.27. The van der Waals surface area contributed by atoms with E-state index in [1.165, 1.54) is 0 Å². The number of carbonyl (C=O) groups is 1. The Morgan fingerprint density at radius 2 is 2.22 bits per heavy atom. The van der Waals surface area contributed by atoms with E-state index in [0.29, 0.717) is 0 Å². The lowest BCUT2D eigenvalue weighted by atomic mass is 10.1. The van der Waals surface area contributed by atoms with Crippen LogP contribution in [0.1, 0.15) is 33.1 Å². The minimum Gasteiger partial charge on any atom is -0.281 e. The van der Waals surface area contributed by atoms with E-state index in [4.69, 9.17) is 11.6 Å². The summed E-state index contributed by atoms with van der Waals surface area (Å²) in [6.45, 7) is 3.97. The van der Waals surface area contributed by atoms with Gasteiger partial charge < -0.3 is 0 Å². The largest absolute Gasteiger partial charge is 0.281 e. The monoisotopic (exact) mass is 148 g/mol. The van der Waals surface area contributed by atoms with Crippen LogP contribution < -0.4 is 0 Å². The second-order valence-corrected chi connectivity index (χ2v) is 2.72. The van der Waals surface area contributed by atoms with E-state index in [2.05, 4.69) is 6.92 Å². The molecule has 0 spiro atoms. The Hall–Kier alpha value is -0.0400. The van der Waals surface area contributed by atoms with Gasteiger partial charge in [0.1, 0.15) is 0 Å². The van der Waals surface area contributed by atoms with Crippen LogP contribution in [-0.4, -0.2) is 5.24 Å². The summed E-state index contributed by atoms with van der Waals surface area (Å²) >= 11 is 5.23. The maximum absolute atomic E-state index is 10.4. The summed E-state index contributed by atoms with van der Waals surface area (Å²) in [5.41, 5.74) is 0. The molecule has 0 amide bonds. The van der Waals surface area contributed by atoms with Crippen molar-refractivity contribution in [3.8, 4) is 0 Å². The smallest absolute Gasteiger partial charge is 0.224 e. The standard InChI is InChI=1S/C7H13ClO/c1-3-4-5-6(2)7(8)9/h6H,3-5H2,1-2H3/t6-/m1/s1. The van der Waals surface area contributed by atoms with Gasteiger partial charge in [-0.2, -0.15) is 0 Å². The molecule has 54 valence electrons. The average molecular weight is 149 g/mol. The molecule has 0 aliphatic rings. The molecule has 0 aromatic carbocycles. The van der Waals surface area contributed by atoms with E-state index < -0.39 is 0 Å². The van der Waals surface area contributed by atoms with Gasteiger partial charge in [-0.05, 0) is 18.0 Å². The van der Waals surface area contributed by atoms with E-state index in [9.17, 15) is 4.79 Å². The molecule has 0 N–H and O–H groups in total. The van der Waals surface area contributed by atoms with Crippen LogP contribution in [0.4, 0.5) is 0 Å². The van der Waals surface area contributed by atoms with Crippen molar-refractivity contribution >= 4 is 16.8 Å². The lowest BCUT2D eigenvalue weighted by molar-refractivity contribution is -0.114. The lowest BCUT2D eigenvalue weighted by Crippen LogP contribution is -2.02. The summed E-state index contributed by atoms with van der Waals surface area (Å²) in [7, 11) is 0. The van der Waals surface area contributed by atoms with Gasteiger partial charge in [0.25, 0.3) is 0 Å². The Kier molecular flexibility index (Phi) is 4.78. The molecule has 0 radical (unpaired) electrons. The van der Waals surface area contributed by atoms with Gasteiger partial charge in [-0.15, -0.1) is 0 Å². The molecule has 0 aromatic rings. The third-order valence-electron chi connectivity index (χ3n) is 1.38. The van der Waals surface area contributed by atoms with Gasteiger partial charge >= 0.3 is 0 Å². The van der Waals surface area contributed by atoms with Gasteiger partial charge in [-0.1, -0.05) is 26.7 Å². The van der Waals surface area contributed by atoms with E-state index in [1.807, 2.05) is 6.92 Å². The highest BCUT2D eigenvalue weighted by Crippen LogP contribution is 2.09. The maximum Gasteiger partial charge on any atom is 0.224 e. The molecule has 0 rings (SSSR count). The fourth-order valence-corrected chi connectivity index (χ4v) is 0.733. The number of carbonyl (C=O) groups excluding carboxylic acids is 1.